The van der Waals surface area contributed by atoms with E-state index in [4.69, 9.17) is 11.5 Å². The van der Waals surface area contributed by atoms with Crippen molar-refractivity contribution in [3.05, 3.63) is 6.20 Å². The molecule has 2 fully saturated rings. The first-order valence-corrected chi connectivity index (χ1v) is 8.65. The van der Waals surface area contributed by atoms with Crippen molar-refractivity contribution in [1.29, 1.82) is 0 Å². The number of alkyl halides is 2. The summed E-state index contributed by atoms with van der Waals surface area (Å²) in [6.45, 7) is 0. The van der Waals surface area contributed by atoms with Crippen molar-refractivity contribution >= 4 is 23.4 Å². The minimum Gasteiger partial charge on any atom is -0.394 e. The number of rotatable bonds is 5. The van der Waals surface area contributed by atoms with E-state index in [1.807, 2.05) is 0 Å². The Bertz CT molecular complexity index is 633. The number of primary amides is 1. The number of nitrogens with one attached hydrogen (secondary N) is 2. The Labute approximate surface area is 145 Å². The summed E-state index contributed by atoms with van der Waals surface area (Å²) in [7, 11) is 0. The van der Waals surface area contributed by atoms with Gasteiger partial charge in [-0.05, 0) is 32.1 Å². The summed E-state index contributed by atoms with van der Waals surface area (Å²) >= 11 is 0. The van der Waals surface area contributed by atoms with Gasteiger partial charge in [0.1, 0.15) is 0 Å². The summed E-state index contributed by atoms with van der Waals surface area (Å²) in [6.07, 6.45) is 4.61. The normalized spacial score (nSPS) is 28.5. The maximum atomic E-state index is 13.3. The molecule has 138 valence electrons. The van der Waals surface area contributed by atoms with Gasteiger partial charge < -0.3 is 22.1 Å². The van der Waals surface area contributed by atoms with Crippen LogP contribution in [0.2, 0.25) is 0 Å². The van der Waals surface area contributed by atoms with E-state index >= 15 is 0 Å². The zero-order valence-corrected chi connectivity index (χ0v) is 14.0. The summed E-state index contributed by atoms with van der Waals surface area (Å²) in [5.41, 5.74) is 11.7. The SMILES string of the molecule is Nc1cnc(N[C@@H]2CCC(F)(F)C2)nc1N[C@H]1CC[C@@H](C(N)=O)CC1. The number of halogens is 2. The van der Waals surface area contributed by atoms with Gasteiger partial charge in [0, 0.05) is 30.8 Å². The standard InChI is InChI=1S/C16H24F2N6O/c17-16(18)6-5-11(7-16)23-15-21-8-12(19)14(24-15)22-10-3-1-9(2-4-10)13(20)25/h8-11H,1-7,19H2,(H2,20,25)(H2,21,22,23,24)/t9-,10+,11-/m1/s1. The van der Waals surface area contributed by atoms with Crippen LogP contribution in [0.4, 0.5) is 26.2 Å². The van der Waals surface area contributed by atoms with Gasteiger partial charge in [-0.25, -0.2) is 13.8 Å². The maximum Gasteiger partial charge on any atom is 0.250 e. The van der Waals surface area contributed by atoms with Gasteiger partial charge in [-0.2, -0.15) is 4.98 Å². The Hall–Kier alpha value is -2.19. The molecule has 6 N–H and O–H groups in total. The summed E-state index contributed by atoms with van der Waals surface area (Å²) < 4.78 is 26.6. The molecule has 3 rings (SSSR count). The second-order valence-electron chi connectivity index (χ2n) is 7.03. The summed E-state index contributed by atoms with van der Waals surface area (Å²) in [6, 6.07) is -0.186. The van der Waals surface area contributed by atoms with E-state index in [0.29, 0.717) is 23.9 Å². The molecule has 1 amide bonds. The minimum absolute atomic E-state index is 0.0675. The van der Waals surface area contributed by atoms with Crippen molar-refractivity contribution in [3.63, 3.8) is 0 Å². The highest BCUT2D eigenvalue weighted by Crippen LogP contribution is 2.36. The third kappa shape index (κ3) is 4.46. The highest BCUT2D eigenvalue weighted by atomic mass is 19.3. The van der Waals surface area contributed by atoms with Gasteiger partial charge in [0.2, 0.25) is 17.8 Å². The largest absolute Gasteiger partial charge is 0.394 e. The number of amides is 1. The van der Waals surface area contributed by atoms with E-state index in [1.54, 1.807) is 0 Å². The molecule has 0 spiro atoms. The number of anilines is 3. The average molecular weight is 354 g/mol. The molecule has 9 heteroatoms. The molecule has 1 atom stereocenters. The molecule has 0 bridgehead atoms. The Morgan fingerprint density at radius 3 is 2.48 bits per heavy atom. The van der Waals surface area contributed by atoms with Crippen LogP contribution in [0, 0.1) is 5.92 Å². The van der Waals surface area contributed by atoms with Gasteiger partial charge in [-0.15, -0.1) is 0 Å². The van der Waals surface area contributed by atoms with E-state index in [9.17, 15) is 13.6 Å². The van der Waals surface area contributed by atoms with Crippen LogP contribution >= 0.6 is 0 Å². The highest BCUT2D eigenvalue weighted by molar-refractivity contribution is 5.76. The molecule has 0 radical (unpaired) electrons. The van der Waals surface area contributed by atoms with Crippen molar-refractivity contribution in [1.82, 2.24) is 9.97 Å². The molecule has 1 heterocycles. The monoisotopic (exact) mass is 354 g/mol. The Balaban J connectivity index is 1.59. The molecule has 25 heavy (non-hydrogen) atoms. The smallest absolute Gasteiger partial charge is 0.250 e. The van der Waals surface area contributed by atoms with E-state index in [2.05, 4.69) is 20.6 Å². The van der Waals surface area contributed by atoms with Crippen LogP contribution in [0.3, 0.4) is 0 Å². The van der Waals surface area contributed by atoms with E-state index in [0.717, 1.165) is 25.7 Å². The Kier molecular flexibility index (Phi) is 4.91. The lowest BCUT2D eigenvalue weighted by molar-refractivity contribution is -0.122. The third-order valence-electron chi connectivity index (χ3n) is 5.02. The van der Waals surface area contributed by atoms with Crippen molar-refractivity contribution < 1.29 is 13.6 Å². The second-order valence-corrected chi connectivity index (χ2v) is 7.03. The van der Waals surface area contributed by atoms with Gasteiger partial charge in [0.05, 0.1) is 11.9 Å². The third-order valence-corrected chi connectivity index (χ3v) is 5.02. The molecule has 1 aromatic heterocycles. The number of hydrogen-bond acceptors (Lipinski definition) is 6. The van der Waals surface area contributed by atoms with Crippen LogP contribution in [-0.2, 0) is 4.79 Å². The molecule has 0 aliphatic heterocycles. The van der Waals surface area contributed by atoms with Crippen LogP contribution in [0.5, 0.6) is 0 Å². The molecule has 0 unspecified atom stereocenters. The maximum absolute atomic E-state index is 13.3. The second kappa shape index (κ2) is 6.97. The fraction of sp³-hybridized carbons (Fsp3) is 0.688. The molecule has 2 saturated carbocycles. The fourth-order valence-corrected chi connectivity index (χ4v) is 3.55. The van der Waals surface area contributed by atoms with Crippen LogP contribution in [0.15, 0.2) is 6.20 Å². The number of carbonyl (C=O) groups excluding carboxylic acids is 1. The molecule has 7 nitrogen and oxygen atoms in total. The first-order valence-electron chi connectivity index (χ1n) is 8.65. The molecule has 0 saturated heterocycles. The number of nitrogen functional groups attached to an aromatic ring is 1. The van der Waals surface area contributed by atoms with E-state index in [-0.39, 0.29) is 36.8 Å². The first-order chi connectivity index (χ1) is 11.8. The van der Waals surface area contributed by atoms with Gasteiger partial charge in [-0.3, -0.25) is 4.79 Å². The average Bonchev–Trinajstić information content (AvgIpc) is 2.90. The number of nitrogens with zero attached hydrogens (tertiary/aromatic N) is 2. The molecule has 0 aromatic carbocycles. The van der Waals surface area contributed by atoms with Crippen LogP contribution in [-0.4, -0.2) is 33.9 Å². The van der Waals surface area contributed by atoms with E-state index in [1.165, 1.54) is 6.20 Å². The van der Waals surface area contributed by atoms with Crippen molar-refractivity contribution in [2.45, 2.75) is 63.0 Å². The Morgan fingerprint density at radius 1 is 1.16 bits per heavy atom. The predicted molar refractivity (Wildman–Crippen MR) is 91.2 cm³/mol. The van der Waals surface area contributed by atoms with Gasteiger partial charge in [0.15, 0.2) is 5.82 Å². The van der Waals surface area contributed by atoms with Crippen LogP contribution in [0.1, 0.15) is 44.9 Å². The molecular weight excluding hydrogens is 330 g/mol. The van der Waals surface area contributed by atoms with Crippen molar-refractivity contribution in [2.75, 3.05) is 16.4 Å². The number of nitrogens with two attached hydrogens (primary N) is 2. The van der Waals surface area contributed by atoms with Gasteiger partial charge in [0.25, 0.3) is 0 Å². The van der Waals surface area contributed by atoms with Gasteiger partial charge >= 0.3 is 0 Å². The fourth-order valence-electron chi connectivity index (χ4n) is 3.55. The van der Waals surface area contributed by atoms with Gasteiger partial charge in [-0.1, -0.05) is 0 Å². The number of hydrogen-bond donors (Lipinski definition) is 4. The zero-order valence-electron chi connectivity index (χ0n) is 14.0. The zero-order chi connectivity index (χ0) is 18.0. The topological polar surface area (TPSA) is 119 Å². The quantitative estimate of drug-likeness (QED) is 0.643. The molecular formula is C16H24F2N6O. The molecule has 2 aliphatic carbocycles. The number of carbonyl (C=O) groups is 1. The highest BCUT2D eigenvalue weighted by Gasteiger charge is 2.39. The predicted octanol–water partition coefficient (Wildman–Crippen LogP) is 2.11. The molecule has 2 aliphatic rings. The lowest BCUT2D eigenvalue weighted by Gasteiger charge is -2.28. The summed E-state index contributed by atoms with van der Waals surface area (Å²) in [5.74, 6) is -2.15. The van der Waals surface area contributed by atoms with Crippen LogP contribution < -0.4 is 22.1 Å². The minimum atomic E-state index is -2.62. The summed E-state index contributed by atoms with van der Waals surface area (Å²) in [5, 5.41) is 6.24. The van der Waals surface area contributed by atoms with Crippen LogP contribution in [0.25, 0.3) is 0 Å². The lowest BCUT2D eigenvalue weighted by atomic mass is 9.85. The Morgan fingerprint density at radius 2 is 1.88 bits per heavy atom. The van der Waals surface area contributed by atoms with Crippen molar-refractivity contribution in [2.24, 2.45) is 11.7 Å². The van der Waals surface area contributed by atoms with Crippen molar-refractivity contribution in [3.8, 4) is 0 Å². The number of aromatic nitrogens is 2. The van der Waals surface area contributed by atoms with E-state index < -0.39 is 5.92 Å². The first kappa shape index (κ1) is 17.6. The molecule has 1 aromatic rings. The summed E-state index contributed by atoms with van der Waals surface area (Å²) in [4.78, 5) is 19.7. The lowest BCUT2D eigenvalue weighted by Crippen LogP contribution is -2.33.